The normalized spacial score (nSPS) is 12.0. The van der Waals surface area contributed by atoms with E-state index in [1.54, 1.807) is 21.2 Å². The van der Waals surface area contributed by atoms with Crippen LogP contribution in [0, 0.1) is 0 Å². The van der Waals surface area contributed by atoms with E-state index in [9.17, 15) is 9.59 Å². The fraction of sp³-hybridized carbons (Fsp3) is 0.800. The lowest BCUT2D eigenvalue weighted by Crippen LogP contribution is -2.43. The molecule has 6 heteroatoms. The zero-order valence-corrected chi connectivity index (χ0v) is 10.2. The SMILES string of the molecule is CNC(=O)CCN(C)C(=O)C(N)CCOC. The van der Waals surface area contributed by atoms with Crippen LogP contribution in [0.25, 0.3) is 0 Å². The summed E-state index contributed by atoms with van der Waals surface area (Å²) in [7, 11) is 4.76. The Morgan fingerprint density at radius 1 is 1.50 bits per heavy atom. The number of carbonyl (C=O) groups is 2. The van der Waals surface area contributed by atoms with Gasteiger partial charge < -0.3 is 20.7 Å². The highest BCUT2D eigenvalue weighted by molar-refractivity contribution is 5.82. The molecule has 0 aliphatic carbocycles. The Morgan fingerprint density at radius 3 is 2.62 bits per heavy atom. The van der Waals surface area contributed by atoms with Gasteiger partial charge in [-0.15, -0.1) is 0 Å². The number of rotatable bonds is 7. The average molecular weight is 231 g/mol. The second-order valence-electron chi connectivity index (χ2n) is 3.57. The molecule has 0 bridgehead atoms. The fourth-order valence-corrected chi connectivity index (χ4v) is 1.16. The van der Waals surface area contributed by atoms with Crippen molar-refractivity contribution in [2.75, 3.05) is 34.4 Å². The quantitative estimate of drug-likeness (QED) is 0.585. The van der Waals surface area contributed by atoms with Gasteiger partial charge in [-0.05, 0) is 6.42 Å². The van der Waals surface area contributed by atoms with Gasteiger partial charge in [0.05, 0.1) is 6.04 Å². The minimum absolute atomic E-state index is 0.0925. The Kier molecular flexibility index (Phi) is 7.49. The highest BCUT2D eigenvalue weighted by Gasteiger charge is 2.17. The molecule has 3 N–H and O–H groups in total. The summed E-state index contributed by atoms with van der Waals surface area (Å²) in [5.74, 6) is -0.258. The van der Waals surface area contributed by atoms with Crippen molar-refractivity contribution in [1.29, 1.82) is 0 Å². The van der Waals surface area contributed by atoms with E-state index < -0.39 is 6.04 Å². The predicted octanol–water partition coefficient (Wildman–Crippen LogP) is -1.06. The molecule has 0 heterocycles. The van der Waals surface area contributed by atoms with Crippen LogP contribution < -0.4 is 11.1 Å². The molecule has 1 atom stereocenters. The Morgan fingerprint density at radius 2 is 2.12 bits per heavy atom. The minimum Gasteiger partial charge on any atom is -0.385 e. The lowest BCUT2D eigenvalue weighted by molar-refractivity contribution is -0.132. The number of hydrogen-bond donors (Lipinski definition) is 2. The van der Waals surface area contributed by atoms with Crippen molar-refractivity contribution >= 4 is 11.8 Å². The molecular formula is C10H21N3O3. The first-order valence-corrected chi connectivity index (χ1v) is 5.23. The first-order chi connectivity index (χ1) is 7.52. The maximum atomic E-state index is 11.7. The van der Waals surface area contributed by atoms with E-state index in [1.807, 2.05) is 0 Å². The molecular weight excluding hydrogens is 210 g/mol. The molecule has 0 aromatic heterocycles. The van der Waals surface area contributed by atoms with Gasteiger partial charge in [0.2, 0.25) is 11.8 Å². The van der Waals surface area contributed by atoms with Crippen molar-refractivity contribution in [3.63, 3.8) is 0 Å². The lowest BCUT2D eigenvalue weighted by atomic mass is 10.2. The Balaban J connectivity index is 3.92. The molecule has 94 valence electrons. The number of likely N-dealkylation sites (N-methyl/N-ethyl adjacent to an activating group) is 1. The molecule has 0 rings (SSSR count). The third kappa shape index (κ3) is 5.67. The van der Waals surface area contributed by atoms with Crippen molar-refractivity contribution in [2.45, 2.75) is 18.9 Å². The first kappa shape index (κ1) is 14.9. The summed E-state index contributed by atoms with van der Waals surface area (Å²) in [5.41, 5.74) is 5.67. The summed E-state index contributed by atoms with van der Waals surface area (Å²) >= 11 is 0. The maximum absolute atomic E-state index is 11.7. The molecule has 6 nitrogen and oxygen atoms in total. The molecule has 0 saturated carbocycles. The topological polar surface area (TPSA) is 84.7 Å². The third-order valence-corrected chi connectivity index (χ3v) is 2.28. The summed E-state index contributed by atoms with van der Waals surface area (Å²) in [4.78, 5) is 24.1. The second kappa shape index (κ2) is 8.06. The highest BCUT2D eigenvalue weighted by Crippen LogP contribution is 1.97. The number of nitrogens with one attached hydrogen (secondary N) is 1. The van der Waals surface area contributed by atoms with Gasteiger partial charge in [-0.3, -0.25) is 9.59 Å². The number of methoxy groups -OCH3 is 1. The highest BCUT2D eigenvalue weighted by atomic mass is 16.5. The van der Waals surface area contributed by atoms with E-state index in [1.165, 1.54) is 4.90 Å². The minimum atomic E-state index is -0.561. The summed E-state index contributed by atoms with van der Waals surface area (Å²) < 4.78 is 4.84. The van der Waals surface area contributed by atoms with Crippen molar-refractivity contribution in [2.24, 2.45) is 5.73 Å². The van der Waals surface area contributed by atoms with Crippen LogP contribution in [-0.4, -0.2) is 57.1 Å². The number of nitrogens with two attached hydrogens (primary N) is 1. The van der Waals surface area contributed by atoms with Crippen LogP contribution in [0.3, 0.4) is 0 Å². The van der Waals surface area contributed by atoms with E-state index in [2.05, 4.69) is 5.32 Å². The Hall–Kier alpha value is -1.14. The van der Waals surface area contributed by atoms with E-state index in [0.717, 1.165) is 0 Å². The van der Waals surface area contributed by atoms with Crippen LogP contribution in [0.4, 0.5) is 0 Å². The van der Waals surface area contributed by atoms with E-state index in [-0.39, 0.29) is 18.2 Å². The van der Waals surface area contributed by atoms with Gasteiger partial charge in [-0.25, -0.2) is 0 Å². The number of nitrogens with zero attached hydrogens (tertiary/aromatic N) is 1. The molecule has 0 aromatic carbocycles. The third-order valence-electron chi connectivity index (χ3n) is 2.28. The largest absolute Gasteiger partial charge is 0.385 e. The molecule has 16 heavy (non-hydrogen) atoms. The predicted molar refractivity (Wildman–Crippen MR) is 60.8 cm³/mol. The van der Waals surface area contributed by atoms with Crippen molar-refractivity contribution in [3.8, 4) is 0 Å². The van der Waals surface area contributed by atoms with Crippen molar-refractivity contribution < 1.29 is 14.3 Å². The zero-order chi connectivity index (χ0) is 12.6. The number of amides is 2. The zero-order valence-electron chi connectivity index (χ0n) is 10.2. The number of carbonyl (C=O) groups excluding carboxylic acids is 2. The van der Waals surface area contributed by atoms with Crippen LogP contribution in [-0.2, 0) is 14.3 Å². The van der Waals surface area contributed by atoms with Gasteiger partial charge in [-0.2, -0.15) is 0 Å². The van der Waals surface area contributed by atoms with Crippen molar-refractivity contribution in [1.82, 2.24) is 10.2 Å². The maximum Gasteiger partial charge on any atom is 0.239 e. The van der Waals surface area contributed by atoms with Crippen LogP contribution >= 0.6 is 0 Å². The molecule has 0 aliphatic rings. The summed E-state index contributed by atoms with van der Waals surface area (Å²) in [6, 6.07) is -0.561. The van der Waals surface area contributed by atoms with E-state index in [4.69, 9.17) is 10.5 Å². The Bertz CT molecular complexity index is 233. The van der Waals surface area contributed by atoms with Gasteiger partial charge in [0.15, 0.2) is 0 Å². The van der Waals surface area contributed by atoms with Crippen LogP contribution in [0.2, 0.25) is 0 Å². The standard InChI is InChI=1S/C10H21N3O3/c1-12-9(14)4-6-13(2)10(15)8(11)5-7-16-3/h8H,4-7,11H2,1-3H3,(H,12,14). The number of hydrogen-bond acceptors (Lipinski definition) is 4. The summed E-state index contributed by atoms with van der Waals surface area (Å²) in [6.45, 7) is 0.829. The molecule has 0 spiro atoms. The monoisotopic (exact) mass is 231 g/mol. The van der Waals surface area contributed by atoms with Crippen molar-refractivity contribution in [3.05, 3.63) is 0 Å². The lowest BCUT2D eigenvalue weighted by Gasteiger charge is -2.20. The van der Waals surface area contributed by atoms with E-state index >= 15 is 0 Å². The van der Waals surface area contributed by atoms with Gasteiger partial charge >= 0.3 is 0 Å². The Labute approximate surface area is 96.1 Å². The molecule has 0 aliphatic heterocycles. The van der Waals surface area contributed by atoms with Gasteiger partial charge in [0.25, 0.3) is 0 Å². The second-order valence-corrected chi connectivity index (χ2v) is 3.57. The number of ether oxygens (including phenoxy) is 1. The van der Waals surface area contributed by atoms with Crippen LogP contribution in [0.5, 0.6) is 0 Å². The van der Waals surface area contributed by atoms with Crippen LogP contribution in [0.15, 0.2) is 0 Å². The fourth-order valence-electron chi connectivity index (χ4n) is 1.16. The van der Waals surface area contributed by atoms with Gasteiger partial charge in [-0.1, -0.05) is 0 Å². The molecule has 0 saturated heterocycles. The molecule has 0 fully saturated rings. The summed E-state index contributed by atoms with van der Waals surface area (Å²) in [5, 5.41) is 2.49. The molecule has 0 radical (unpaired) electrons. The van der Waals surface area contributed by atoms with E-state index in [0.29, 0.717) is 19.6 Å². The molecule has 1 unspecified atom stereocenters. The first-order valence-electron chi connectivity index (χ1n) is 5.23. The molecule has 0 aromatic rings. The van der Waals surface area contributed by atoms with Gasteiger partial charge in [0, 0.05) is 40.8 Å². The average Bonchev–Trinajstić information content (AvgIpc) is 2.31. The van der Waals surface area contributed by atoms with Crippen LogP contribution in [0.1, 0.15) is 12.8 Å². The van der Waals surface area contributed by atoms with Gasteiger partial charge in [0.1, 0.15) is 0 Å². The molecule has 2 amide bonds. The smallest absolute Gasteiger partial charge is 0.239 e. The summed E-state index contributed by atoms with van der Waals surface area (Å²) in [6.07, 6.45) is 0.773.